The third-order valence-corrected chi connectivity index (χ3v) is 4.33. The maximum absolute atomic E-state index is 12.8. The van der Waals surface area contributed by atoms with Crippen molar-refractivity contribution < 1.29 is 19.2 Å². The van der Waals surface area contributed by atoms with Crippen molar-refractivity contribution in [3.8, 4) is 0 Å². The van der Waals surface area contributed by atoms with Crippen molar-refractivity contribution in [1.29, 1.82) is 0 Å². The number of anilines is 2. The monoisotopic (exact) mass is 418 g/mol. The van der Waals surface area contributed by atoms with Crippen molar-refractivity contribution in [2.24, 2.45) is 5.16 Å². The minimum atomic E-state index is -0.802. The molecule has 0 spiro atoms. The number of rotatable bonds is 8. The highest BCUT2D eigenvalue weighted by molar-refractivity contribution is 7.14. The zero-order valence-electron chi connectivity index (χ0n) is 17.2. The number of thiazole rings is 1. The Morgan fingerprint density at radius 1 is 1.24 bits per heavy atom. The summed E-state index contributed by atoms with van der Waals surface area (Å²) in [5.41, 5.74) is 0.545. The van der Waals surface area contributed by atoms with Crippen LogP contribution in [0.2, 0.25) is 0 Å². The fourth-order valence-corrected chi connectivity index (χ4v) is 3.02. The molecule has 2 rings (SSSR count). The van der Waals surface area contributed by atoms with Gasteiger partial charge < -0.3 is 20.2 Å². The van der Waals surface area contributed by atoms with Crippen LogP contribution in [0.4, 0.5) is 10.8 Å². The minimum Gasteiger partial charge on any atom is -0.458 e. The molecule has 2 N–H and O–H groups in total. The van der Waals surface area contributed by atoms with E-state index in [4.69, 9.17) is 9.57 Å². The van der Waals surface area contributed by atoms with E-state index in [1.165, 1.54) is 18.4 Å². The number of nitrogens with one attached hydrogen (secondary N) is 2. The molecule has 29 heavy (non-hydrogen) atoms. The van der Waals surface area contributed by atoms with Crippen molar-refractivity contribution in [2.45, 2.75) is 45.8 Å². The standard InChI is InChI=1S/C20H26N4O4S/c1-6-14(18(26)28-20(2,3)4)22-17(25)16(24-27-5)15-12-29-19(23-15)21-13-10-8-7-9-11-13/h7-12,14H,6H2,1-5H3,(H,21,23)(H,22,25). The average molecular weight is 419 g/mol. The minimum absolute atomic E-state index is 0.0214. The molecule has 0 bridgehead atoms. The lowest BCUT2D eigenvalue weighted by Gasteiger charge is -2.23. The number of aromatic nitrogens is 1. The second-order valence-electron chi connectivity index (χ2n) is 7.12. The maximum atomic E-state index is 12.8. The van der Waals surface area contributed by atoms with Crippen LogP contribution >= 0.6 is 11.3 Å². The summed E-state index contributed by atoms with van der Waals surface area (Å²) >= 11 is 1.32. The fourth-order valence-electron chi connectivity index (χ4n) is 2.31. The van der Waals surface area contributed by atoms with Crippen molar-refractivity contribution in [3.63, 3.8) is 0 Å². The molecule has 0 saturated heterocycles. The lowest BCUT2D eigenvalue weighted by molar-refractivity contribution is -0.158. The van der Waals surface area contributed by atoms with Gasteiger partial charge in [-0.2, -0.15) is 0 Å². The van der Waals surface area contributed by atoms with Crippen molar-refractivity contribution in [3.05, 3.63) is 41.4 Å². The Balaban J connectivity index is 2.13. The predicted molar refractivity (Wildman–Crippen MR) is 113 cm³/mol. The first kappa shape index (κ1) is 22.4. The summed E-state index contributed by atoms with van der Waals surface area (Å²) in [5, 5.41) is 11.9. The Morgan fingerprint density at radius 3 is 2.52 bits per heavy atom. The lowest BCUT2D eigenvalue weighted by atomic mass is 10.1. The number of nitrogens with zero attached hydrogens (tertiary/aromatic N) is 2. The molecular weight excluding hydrogens is 392 g/mol. The molecule has 156 valence electrons. The molecule has 1 aromatic heterocycles. The second kappa shape index (κ2) is 10.0. The van der Waals surface area contributed by atoms with Gasteiger partial charge in [0.1, 0.15) is 24.4 Å². The smallest absolute Gasteiger partial charge is 0.329 e. The summed E-state index contributed by atoms with van der Waals surface area (Å²) in [5.74, 6) is -1.07. The van der Waals surface area contributed by atoms with Crippen molar-refractivity contribution in [1.82, 2.24) is 10.3 Å². The predicted octanol–water partition coefficient (Wildman–Crippen LogP) is 3.47. The normalized spacial score (nSPS) is 12.8. The molecule has 1 aromatic carbocycles. The number of carbonyl (C=O) groups is 2. The van der Waals surface area contributed by atoms with Gasteiger partial charge in [0.25, 0.3) is 5.91 Å². The summed E-state index contributed by atoms with van der Waals surface area (Å²) in [4.78, 5) is 34.3. The van der Waals surface area contributed by atoms with Crippen LogP contribution in [-0.4, -0.2) is 41.3 Å². The maximum Gasteiger partial charge on any atom is 0.329 e. The molecule has 2 aromatic rings. The highest BCUT2D eigenvalue weighted by Gasteiger charge is 2.28. The van der Waals surface area contributed by atoms with E-state index in [0.29, 0.717) is 17.2 Å². The molecule has 0 aliphatic heterocycles. The summed E-state index contributed by atoms with van der Waals surface area (Å²) in [6.45, 7) is 7.10. The van der Waals surface area contributed by atoms with Crippen LogP contribution in [0.3, 0.4) is 0 Å². The van der Waals surface area contributed by atoms with Gasteiger partial charge in [-0.25, -0.2) is 9.78 Å². The van der Waals surface area contributed by atoms with Gasteiger partial charge in [-0.1, -0.05) is 30.3 Å². The molecule has 8 nitrogen and oxygen atoms in total. The van der Waals surface area contributed by atoms with E-state index in [9.17, 15) is 9.59 Å². The molecule has 9 heteroatoms. The summed E-state index contributed by atoms with van der Waals surface area (Å²) in [6, 6.07) is 8.74. The second-order valence-corrected chi connectivity index (χ2v) is 7.98. The number of hydrogen-bond donors (Lipinski definition) is 2. The first-order valence-electron chi connectivity index (χ1n) is 9.16. The van der Waals surface area contributed by atoms with E-state index >= 15 is 0 Å². The SMILES string of the molecule is CCC(NC(=O)C(=NOC)c1csc(Nc2ccccc2)n1)C(=O)OC(C)(C)C. The van der Waals surface area contributed by atoms with E-state index < -0.39 is 23.5 Å². The molecular formula is C20H26N4O4S. The van der Waals surface area contributed by atoms with Gasteiger partial charge in [-0.15, -0.1) is 11.3 Å². The number of hydrogen-bond acceptors (Lipinski definition) is 8. The summed E-state index contributed by atoms with van der Waals surface area (Å²) < 4.78 is 5.36. The summed E-state index contributed by atoms with van der Waals surface area (Å²) in [6.07, 6.45) is 0.374. The van der Waals surface area contributed by atoms with Gasteiger partial charge in [0.2, 0.25) is 0 Å². The number of oxime groups is 1. The molecule has 1 heterocycles. The number of esters is 1. The molecule has 0 aliphatic rings. The third-order valence-electron chi connectivity index (χ3n) is 3.57. The Kier molecular flexibility index (Phi) is 7.72. The van der Waals surface area contributed by atoms with Crippen molar-refractivity contribution >= 4 is 39.7 Å². The largest absolute Gasteiger partial charge is 0.458 e. The highest BCUT2D eigenvalue weighted by atomic mass is 32.1. The Hall–Kier alpha value is -2.94. The molecule has 1 amide bonds. The van der Waals surface area contributed by atoms with E-state index in [0.717, 1.165) is 5.69 Å². The molecule has 0 aliphatic carbocycles. The van der Waals surface area contributed by atoms with Gasteiger partial charge in [-0.3, -0.25) is 4.79 Å². The van der Waals surface area contributed by atoms with Gasteiger partial charge in [0, 0.05) is 11.1 Å². The molecule has 0 saturated carbocycles. The zero-order chi connectivity index (χ0) is 21.4. The van der Waals surface area contributed by atoms with E-state index in [2.05, 4.69) is 20.8 Å². The van der Waals surface area contributed by atoms with Crippen LogP contribution in [-0.2, 0) is 19.2 Å². The Morgan fingerprint density at radius 2 is 1.93 bits per heavy atom. The molecule has 0 radical (unpaired) electrons. The van der Waals surface area contributed by atoms with Crippen LogP contribution in [0.1, 0.15) is 39.8 Å². The fraction of sp³-hybridized carbons (Fsp3) is 0.400. The van der Waals surface area contributed by atoms with Gasteiger partial charge in [0.15, 0.2) is 10.8 Å². The number of benzene rings is 1. The van der Waals surface area contributed by atoms with E-state index in [1.807, 2.05) is 30.3 Å². The van der Waals surface area contributed by atoms with Gasteiger partial charge in [0.05, 0.1) is 0 Å². The van der Waals surface area contributed by atoms with E-state index in [1.54, 1.807) is 33.1 Å². The van der Waals surface area contributed by atoms with Crippen LogP contribution in [0, 0.1) is 0 Å². The topological polar surface area (TPSA) is 102 Å². The Bertz CT molecular complexity index is 859. The molecule has 0 fully saturated rings. The Labute approximate surface area is 174 Å². The zero-order valence-corrected chi connectivity index (χ0v) is 18.0. The van der Waals surface area contributed by atoms with Crippen molar-refractivity contribution in [2.75, 3.05) is 12.4 Å². The van der Waals surface area contributed by atoms with Crippen LogP contribution in [0.25, 0.3) is 0 Å². The molecule has 1 unspecified atom stereocenters. The lowest BCUT2D eigenvalue weighted by Crippen LogP contribution is -2.46. The van der Waals surface area contributed by atoms with Gasteiger partial charge >= 0.3 is 5.97 Å². The number of para-hydroxylation sites is 1. The summed E-state index contributed by atoms with van der Waals surface area (Å²) in [7, 11) is 1.34. The van der Waals surface area contributed by atoms with Gasteiger partial charge in [-0.05, 0) is 39.3 Å². The number of carbonyl (C=O) groups excluding carboxylic acids is 2. The van der Waals surface area contributed by atoms with Crippen LogP contribution in [0.15, 0.2) is 40.9 Å². The first-order chi connectivity index (χ1) is 13.7. The van der Waals surface area contributed by atoms with Crippen LogP contribution in [0.5, 0.6) is 0 Å². The number of ether oxygens (including phenoxy) is 1. The quantitative estimate of drug-likeness (QED) is 0.387. The number of amides is 1. The van der Waals surface area contributed by atoms with E-state index in [-0.39, 0.29) is 5.71 Å². The third kappa shape index (κ3) is 6.86. The van der Waals surface area contributed by atoms with Crippen LogP contribution < -0.4 is 10.6 Å². The average Bonchev–Trinajstić information content (AvgIpc) is 3.11. The highest BCUT2D eigenvalue weighted by Crippen LogP contribution is 2.21. The molecule has 1 atom stereocenters. The first-order valence-corrected chi connectivity index (χ1v) is 10.0.